The predicted molar refractivity (Wildman–Crippen MR) is 101 cm³/mol. The van der Waals surface area contributed by atoms with Gasteiger partial charge >= 0.3 is 0 Å². The van der Waals surface area contributed by atoms with Crippen molar-refractivity contribution in [2.24, 2.45) is 0 Å². The molecule has 1 aliphatic rings. The molecule has 5 nitrogen and oxygen atoms in total. The van der Waals surface area contributed by atoms with Crippen LogP contribution in [0.2, 0.25) is 0 Å². The molecule has 1 fully saturated rings. The molecule has 1 saturated heterocycles. The van der Waals surface area contributed by atoms with Crippen molar-refractivity contribution in [1.82, 2.24) is 15.2 Å². The zero-order valence-electron chi connectivity index (χ0n) is 14.1. The molecule has 1 aromatic carbocycles. The molecule has 0 bridgehead atoms. The molecular weight excluding hydrogens is 338 g/mol. The summed E-state index contributed by atoms with van der Waals surface area (Å²) in [6.07, 6.45) is 4.96. The molecule has 2 heterocycles. The molecule has 0 radical (unpaired) electrons. The van der Waals surface area contributed by atoms with E-state index in [2.05, 4.69) is 10.6 Å². The fourth-order valence-corrected chi connectivity index (χ4v) is 2.94. The summed E-state index contributed by atoms with van der Waals surface area (Å²) in [4.78, 5) is 23.8. The average molecular weight is 362 g/mol. The van der Waals surface area contributed by atoms with Crippen molar-refractivity contribution in [3.8, 4) is 0 Å². The van der Waals surface area contributed by atoms with E-state index in [0.29, 0.717) is 13.1 Å². The van der Waals surface area contributed by atoms with Crippen LogP contribution in [-0.4, -0.2) is 23.1 Å². The SMILES string of the molecule is Cl.O=C(NCc1ccc(Cn2ccccc2=O)cc1)C1CCCCN1. The Bertz CT molecular complexity index is 737. The third-order valence-corrected chi connectivity index (χ3v) is 4.37. The fraction of sp³-hybridized carbons (Fsp3) is 0.368. The second-order valence-electron chi connectivity index (χ2n) is 6.20. The first-order chi connectivity index (χ1) is 11.7. The molecule has 2 aromatic rings. The standard InChI is InChI=1S/C19H23N3O2.ClH/c23-18-6-2-4-12-22(18)14-16-9-7-15(8-10-16)13-21-19(24)17-5-1-3-11-20-17;/h2,4,6-10,12,17,20H,1,3,5,11,13-14H2,(H,21,24);1H. The normalized spacial score (nSPS) is 16.7. The number of pyridine rings is 1. The van der Waals surface area contributed by atoms with Gasteiger partial charge in [0.05, 0.1) is 12.6 Å². The van der Waals surface area contributed by atoms with Crippen LogP contribution in [0.5, 0.6) is 0 Å². The highest BCUT2D eigenvalue weighted by atomic mass is 35.5. The van der Waals surface area contributed by atoms with Crippen molar-refractivity contribution in [2.75, 3.05) is 6.54 Å². The molecule has 1 aromatic heterocycles. The Morgan fingerprint density at radius 1 is 1.12 bits per heavy atom. The number of piperidine rings is 1. The summed E-state index contributed by atoms with van der Waals surface area (Å²) in [5.41, 5.74) is 2.12. The number of nitrogens with zero attached hydrogens (tertiary/aromatic N) is 1. The molecule has 25 heavy (non-hydrogen) atoms. The average Bonchev–Trinajstić information content (AvgIpc) is 2.63. The van der Waals surface area contributed by atoms with E-state index in [-0.39, 0.29) is 29.9 Å². The molecule has 0 saturated carbocycles. The highest BCUT2D eigenvalue weighted by Gasteiger charge is 2.19. The van der Waals surface area contributed by atoms with E-state index in [1.807, 2.05) is 30.3 Å². The molecule has 1 atom stereocenters. The maximum atomic E-state index is 12.1. The van der Waals surface area contributed by atoms with Gasteiger partial charge in [0, 0.05) is 18.8 Å². The van der Waals surface area contributed by atoms with Crippen molar-refractivity contribution in [3.63, 3.8) is 0 Å². The van der Waals surface area contributed by atoms with E-state index in [1.165, 1.54) is 0 Å². The number of carbonyl (C=O) groups excluding carboxylic acids is 1. The molecule has 1 amide bonds. The summed E-state index contributed by atoms with van der Waals surface area (Å²) in [6, 6.07) is 13.1. The summed E-state index contributed by atoms with van der Waals surface area (Å²) in [5, 5.41) is 6.24. The van der Waals surface area contributed by atoms with E-state index in [9.17, 15) is 9.59 Å². The Balaban J connectivity index is 0.00000225. The van der Waals surface area contributed by atoms with Crippen LogP contribution < -0.4 is 16.2 Å². The molecule has 1 unspecified atom stereocenters. The molecule has 2 N–H and O–H groups in total. The quantitative estimate of drug-likeness (QED) is 0.857. The van der Waals surface area contributed by atoms with Gasteiger partial charge in [0.1, 0.15) is 0 Å². The maximum absolute atomic E-state index is 12.1. The molecule has 3 rings (SSSR count). The number of benzene rings is 1. The van der Waals surface area contributed by atoms with Gasteiger partial charge < -0.3 is 15.2 Å². The predicted octanol–water partition coefficient (Wildman–Crippen LogP) is 2.08. The lowest BCUT2D eigenvalue weighted by Gasteiger charge is -2.22. The third-order valence-electron chi connectivity index (χ3n) is 4.37. The minimum atomic E-state index is -0.0528. The van der Waals surface area contributed by atoms with Crippen molar-refractivity contribution in [3.05, 3.63) is 70.1 Å². The van der Waals surface area contributed by atoms with Crippen molar-refractivity contribution < 1.29 is 4.79 Å². The highest BCUT2D eigenvalue weighted by Crippen LogP contribution is 2.08. The summed E-state index contributed by atoms with van der Waals surface area (Å²) < 4.78 is 1.67. The lowest BCUT2D eigenvalue weighted by Crippen LogP contribution is -2.46. The Labute approximate surface area is 153 Å². The Morgan fingerprint density at radius 3 is 2.56 bits per heavy atom. The molecule has 6 heteroatoms. The van der Waals surface area contributed by atoms with Crippen LogP contribution in [0, 0.1) is 0 Å². The number of amides is 1. The molecule has 0 spiro atoms. The van der Waals surface area contributed by atoms with E-state index in [0.717, 1.165) is 36.9 Å². The van der Waals surface area contributed by atoms with Gasteiger partial charge in [-0.25, -0.2) is 0 Å². The van der Waals surface area contributed by atoms with Gasteiger partial charge in [0.15, 0.2) is 0 Å². The van der Waals surface area contributed by atoms with Gasteiger partial charge in [-0.3, -0.25) is 9.59 Å². The second kappa shape index (κ2) is 9.39. The number of aromatic nitrogens is 1. The van der Waals surface area contributed by atoms with Gasteiger partial charge in [0.25, 0.3) is 5.56 Å². The van der Waals surface area contributed by atoms with Crippen LogP contribution in [0.1, 0.15) is 30.4 Å². The third kappa shape index (κ3) is 5.44. The number of hydrogen-bond acceptors (Lipinski definition) is 3. The Kier molecular flexibility index (Phi) is 7.22. The number of nitrogens with one attached hydrogen (secondary N) is 2. The summed E-state index contributed by atoms with van der Waals surface area (Å²) in [6.45, 7) is 2.01. The fourth-order valence-electron chi connectivity index (χ4n) is 2.94. The van der Waals surface area contributed by atoms with Gasteiger partial charge in [-0.05, 0) is 36.6 Å². The molecular formula is C19H24ClN3O2. The second-order valence-corrected chi connectivity index (χ2v) is 6.20. The number of rotatable bonds is 5. The molecule has 0 aliphatic carbocycles. The minimum Gasteiger partial charge on any atom is -0.351 e. The Hall–Kier alpha value is -2.11. The summed E-state index contributed by atoms with van der Waals surface area (Å²) >= 11 is 0. The van der Waals surface area contributed by atoms with E-state index >= 15 is 0 Å². The van der Waals surface area contributed by atoms with E-state index < -0.39 is 0 Å². The van der Waals surface area contributed by atoms with Crippen LogP contribution in [0.25, 0.3) is 0 Å². The zero-order chi connectivity index (χ0) is 16.8. The number of carbonyl (C=O) groups is 1. The maximum Gasteiger partial charge on any atom is 0.250 e. The summed E-state index contributed by atoms with van der Waals surface area (Å²) in [7, 11) is 0. The highest BCUT2D eigenvalue weighted by molar-refractivity contribution is 5.85. The van der Waals surface area contributed by atoms with Crippen LogP contribution in [0.4, 0.5) is 0 Å². The topological polar surface area (TPSA) is 63.1 Å². The zero-order valence-corrected chi connectivity index (χ0v) is 14.9. The number of halogens is 1. The van der Waals surface area contributed by atoms with Crippen molar-refractivity contribution in [2.45, 2.75) is 38.4 Å². The van der Waals surface area contributed by atoms with Crippen LogP contribution >= 0.6 is 12.4 Å². The van der Waals surface area contributed by atoms with Gasteiger partial charge in [-0.2, -0.15) is 0 Å². The molecule has 1 aliphatic heterocycles. The van der Waals surface area contributed by atoms with Crippen molar-refractivity contribution in [1.29, 1.82) is 0 Å². The van der Waals surface area contributed by atoms with Gasteiger partial charge in [0.2, 0.25) is 5.91 Å². The molecule has 134 valence electrons. The lowest BCUT2D eigenvalue weighted by atomic mass is 10.0. The van der Waals surface area contributed by atoms with Gasteiger partial charge in [-0.1, -0.05) is 36.8 Å². The minimum absolute atomic E-state index is 0. The smallest absolute Gasteiger partial charge is 0.250 e. The first-order valence-corrected chi connectivity index (χ1v) is 8.47. The van der Waals surface area contributed by atoms with Crippen LogP contribution in [0.15, 0.2) is 53.5 Å². The van der Waals surface area contributed by atoms with Crippen molar-refractivity contribution >= 4 is 18.3 Å². The monoisotopic (exact) mass is 361 g/mol. The van der Waals surface area contributed by atoms with Crippen LogP contribution in [-0.2, 0) is 17.9 Å². The van der Waals surface area contributed by atoms with E-state index in [1.54, 1.807) is 22.9 Å². The Morgan fingerprint density at radius 2 is 1.88 bits per heavy atom. The van der Waals surface area contributed by atoms with E-state index in [4.69, 9.17) is 0 Å². The van der Waals surface area contributed by atoms with Gasteiger partial charge in [-0.15, -0.1) is 12.4 Å². The first-order valence-electron chi connectivity index (χ1n) is 8.47. The first kappa shape index (κ1) is 19.2. The lowest BCUT2D eigenvalue weighted by molar-refractivity contribution is -0.123. The number of hydrogen-bond donors (Lipinski definition) is 2. The largest absolute Gasteiger partial charge is 0.351 e. The van der Waals surface area contributed by atoms with Crippen LogP contribution in [0.3, 0.4) is 0 Å². The summed E-state index contributed by atoms with van der Waals surface area (Å²) in [5.74, 6) is 0.0783.